The lowest BCUT2D eigenvalue weighted by Crippen LogP contribution is -2.23. The number of halogens is 1. The van der Waals surface area contributed by atoms with Crippen LogP contribution in [0.25, 0.3) is 0 Å². The minimum absolute atomic E-state index is 0.196. The van der Waals surface area contributed by atoms with E-state index >= 15 is 0 Å². The summed E-state index contributed by atoms with van der Waals surface area (Å²) in [6.07, 6.45) is 0. The van der Waals surface area contributed by atoms with Gasteiger partial charge in [-0.05, 0) is 35.4 Å². The Hall–Kier alpha value is -3.14. The summed E-state index contributed by atoms with van der Waals surface area (Å²) in [6.45, 7) is 0.717. The van der Waals surface area contributed by atoms with E-state index in [9.17, 15) is 9.18 Å². The van der Waals surface area contributed by atoms with Crippen molar-refractivity contribution in [3.8, 4) is 5.75 Å². The van der Waals surface area contributed by atoms with Gasteiger partial charge in [-0.15, -0.1) is 0 Å². The number of hydrogen-bond donors (Lipinski definition) is 1. The number of nitrogens with one attached hydrogen (secondary N) is 1. The molecule has 3 nitrogen and oxygen atoms in total. The Morgan fingerprint density at radius 1 is 0.840 bits per heavy atom. The first-order chi connectivity index (χ1) is 12.2. The average molecular weight is 335 g/mol. The number of para-hydroxylation sites is 1. The Morgan fingerprint density at radius 2 is 1.52 bits per heavy atom. The molecule has 0 aliphatic carbocycles. The van der Waals surface area contributed by atoms with E-state index in [1.54, 1.807) is 30.3 Å². The van der Waals surface area contributed by atoms with Gasteiger partial charge in [-0.1, -0.05) is 54.6 Å². The molecule has 0 aliphatic rings. The molecule has 0 spiro atoms. The van der Waals surface area contributed by atoms with E-state index in [-0.39, 0.29) is 18.3 Å². The van der Waals surface area contributed by atoms with Gasteiger partial charge in [0.1, 0.15) is 18.2 Å². The van der Waals surface area contributed by atoms with Crippen LogP contribution in [0.15, 0.2) is 78.9 Å². The van der Waals surface area contributed by atoms with Gasteiger partial charge in [0.2, 0.25) is 0 Å². The molecule has 0 heterocycles. The highest BCUT2D eigenvalue weighted by Gasteiger charge is 2.12. The zero-order valence-corrected chi connectivity index (χ0v) is 13.6. The smallest absolute Gasteiger partial charge is 0.255 e. The molecule has 3 aromatic rings. The molecule has 126 valence electrons. The number of hydrogen-bond acceptors (Lipinski definition) is 2. The fourth-order valence-electron chi connectivity index (χ4n) is 2.40. The van der Waals surface area contributed by atoms with E-state index in [4.69, 9.17) is 4.74 Å². The fraction of sp³-hybridized carbons (Fsp3) is 0.0952. The zero-order chi connectivity index (χ0) is 17.5. The van der Waals surface area contributed by atoms with Crippen LogP contribution in [0.4, 0.5) is 4.39 Å². The molecule has 0 atom stereocenters. The maximum absolute atomic E-state index is 13.0. The number of carbonyl (C=O) groups is 1. The largest absolute Gasteiger partial charge is 0.488 e. The molecule has 0 bridgehead atoms. The van der Waals surface area contributed by atoms with Crippen molar-refractivity contribution in [3.63, 3.8) is 0 Å². The second-order valence-electron chi connectivity index (χ2n) is 5.58. The summed E-state index contributed by atoms with van der Waals surface area (Å²) < 4.78 is 18.7. The predicted octanol–water partition coefficient (Wildman–Crippen LogP) is 4.33. The molecule has 0 unspecified atom stereocenters. The molecule has 0 saturated carbocycles. The lowest BCUT2D eigenvalue weighted by molar-refractivity contribution is 0.0946. The Bertz CT molecular complexity index is 832. The SMILES string of the molecule is O=C(NCc1ccccc1)c1ccccc1OCc1ccc(F)cc1. The maximum Gasteiger partial charge on any atom is 0.255 e. The average Bonchev–Trinajstić information content (AvgIpc) is 2.67. The van der Waals surface area contributed by atoms with Crippen LogP contribution in [-0.2, 0) is 13.2 Å². The van der Waals surface area contributed by atoms with E-state index in [2.05, 4.69) is 5.32 Å². The first-order valence-electron chi connectivity index (χ1n) is 8.01. The molecule has 3 aromatic carbocycles. The van der Waals surface area contributed by atoms with Gasteiger partial charge in [-0.3, -0.25) is 4.79 Å². The third kappa shape index (κ3) is 4.67. The van der Waals surface area contributed by atoms with Gasteiger partial charge in [0, 0.05) is 6.54 Å². The Kier molecular flexibility index (Phi) is 5.42. The summed E-state index contributed by atoms with van der Waals surface area (Å²) >= 11 is 0. The van der Waals surface area contributed by atoms with Crippen molar-refractivity contribution >= 4 is 5.91 Å². The topological polar surface area (TPSA) is 38.3 Å². The van der Waals surface area contributed by atoms with Crippen LogP contribution < -0.4 is 10.1 Å². The molecule has 1 N–H and O–H groups in total. The molecule has 0 aliphatic heterocycles. The van der Waals surface area contributed by atoms with Crippen molar-refractivity contribution in [1.29, 1.82) is 0 Å². The number of carbonyl (C=O) groups excluding carboxylic acids is 1. The second-order valence-corrected chi connectivity index (χ2v) is 5.58. The van der Waals surface area contributed by atoms with E-state index in [1.807, 2.05) is 36.4 Å². The molecule has 25 heavy (non-hydrogen) atoms. The third-order valence-electron chi connectivity index (χ3n) is 3.74. The molecule has 0 fully saturated rings. The monoisotopic (exact) mass is 335 g/mol. The molecular weight excluding hydrogens is 317 g/mol. The second kappa shape index (κ2) is 8.11. The number of amides is 1. The minimum Gasteiger partial charge on any atom is -0.488 e. The summed E-state index contributed by atoms with van der Waals surface area (Å²) in [4.78, 5) is 12.5. The first kappa shape index (κ1) is 16.7. The van der Waals surface area contributed by atoms with Crippen LogP contribution in [0.1, 0.15) is 21.5 Å². The van der Waals surface area contributed by atoms with Gasteiger partial charge in [0.15, 0.2) is 0 Å². The quantitative estimate of drug-likeness (QED) is 0.728. The summed E-state index contributed by atoms with van der Waals surface area (Å²) in [5, 5.41) is 2.89. The van der Waals surface area contributed by atoms with Gasteiger partial charge in [-0.2, -0.15) is 0 Å². The molecule has 0 saturated heterocycles. The van der Waals surface area contributed by atoms with Crippen molar-refractivity contribution in [1.82, 2.24) is 5.32 Å². The van der Waals surface area contributed by atoms with E-state index in [1.165, 1.54) is 12.1 Å². The number of benzene rings is 3. The van der Waals surface area contributed by atoms with Crippen LogP contribution >= 0.6 is 0 Å². The third-order valence-corrected chi connectivity index (χ3v) is 3.74. The van der Waals surface area contributed by atoms with Gasteiger partial charge >= 0.3 is 0 Å². The van der Waals surface area contributed by atoms with Crippen LogP contribution in [0.5, 0.6) is 5.75 Å². The predicted molar refractivity (Wildman–Crippen MR) is 94.8 cm³/mol. The number of rotatable bonds is 6. The lowest BCUT2D eigenvalue weighted by Gasteiger charge is -2.12. The fourth-order valence-corrected chi connectivity index (χ4v) is 2.40. The zero-order valence-electron chi connectivity index (χ0n) is 13.6. The summed E-state index contributed by atoms with van der Waals surface area (Å²) in [7, 11) is 0. The highest BCUT2D eigenvalue weighted by Crippen LogP contribution is 2.19. The molecule has 1 amide bonds. The summed E-state index contributed by atoms with van der Waals surface area (Å²) in [6, 6.07) is 22.9. The molecule has 0 aromatic heterocycles. The van der Waals surface area contributed by atoms with Crippen molar-refractivity contribution in [2.75, 3.05) is 0 Å². The Balaban J connectivity index is 1.65. The van der Waals surface area contributed by atoms with Gasteiger partial charge < -0.3 is 10.1 Å². The van der Waals surface area contributed by atoms with Crippen molar-refractivity contribution in [3.05, 3.63) is 101 Å². The standard InChI is InChI=1S/C21H18FNO2/c22-18-12-10-17(11-13-18)15-25-20-9-5-4-8-19(20)21(24)23-14-16-6-2-1-3-7-16/h1-13H,14-15H2,(H,23,24). The summed E-state index contributed by atoms with van der Waals surface area (Å²) in [5.74, 6) is 0.0142. The highest BCUT2D eigenvalue weighted by atomic mass is 19.1. The van der Waals surface area contributed by atoms with Gasteiger partial charge in [0.25, 0.3) is 5.91 Å². The Morgan fingerprint density at radius 3 is 2.28 bits per heavy atom. The summed E-state index contributed by atoms with van der Waals surface area (Å²) in [5.41, 5.74) is 2.34. The molecule has 0 radical (unpaired) electrons. The van der Waals surface area contributed by atoms with Gasteiger partial charge in [-0.25, -0.2) is 4.39 Å². The van der Waals surface area contributed by atoms with E-state index in [0.717, 1.165) is 11.1 Å². The lowest BCUT2D eigenvalue weighted by atomic mass is 10.1. The normalized spacial score (nSPS) is 10.3. The van der Waals surface area contributed by atoms with E-state index in [0.29, 0.717) is 17.9 Å². The van der Waals surface area contributed by atoms with Crippen molar-refractivity contribution in [2.45, 2.75) is 13.2 Å². The maximum atomic E-state index is 13.0. The van der Waals surface area contributed by atoms with Crippen LogP contribution in [0.3, 0.4) is 0 Å². The van der Waals surface area contributed by atoms with Gasteiger partial charge in [0.05, 0.1) is 5.56 Å². The minimum atomic E-state index is -0.288. The Labute approximate surface area is 146 Å². The van der Waals surface area contributed by atoms with Crippen molar-refractivity contribution < 1.29 is 13.9 Å². The first-order valence-corrected chi connectivity index (χ1v) is 8.01. The molecule has 4 heteroatoms. The molecular formula is C21H18FNO2. The highest BCUT2D eigenvalue weighted by molar-refractivity contribution is 5.96. The van der Waals surface area contributed by atoms with E-state index < -0.39 is 0 Å². The van der Waals surface area contributed by atoms with Crippen molar-refractivity contribution in [2.24, 2.45) is 0 Å². The van der Waals surface area contributed by atoms with Crippen LogP contribution in [0.2, 0.25) is 0 Å². The number of ether oxygens (including phenoxy) is 1. The van der Waals surface area contributed by atoms with Crippen LogP contribution in [0, 0.1) is 5.82 Å². The molecule has 3 rings (SSSR count). The van der Waals surface area contributed by atoms with Crippen LogP contribution in [-0.4, -0.2) is 5.91 Å².